The molecule has 1 fully saturated rings. The van der Waals surface area contributed by atoms with Crippen LogP contribution in [0.15, 0.2) is 4.52 Å². The van der Waals surface area contributed by atoms with E-state index in [0.717, 1.165) is 12.8 Å². The Balaban J connectivity index is 2.01. The van der Waals surface area contributed by atoms with Gasteiger partial charge < -0.3 is 20.7 Å². The van der Waals surface area contributed by atoms with Crippen molar-refractivity contribution in [3.8, 4) is 0 Å². The van der Waals surface area contributed by atoms with Crippen LogP contribution in [0.5, 0.6) is 0 Å². The molecule has 2 rings (SSSR count). The van der Waals surface area contributed by atoms with E-state index in [0.29, 0.717) is 0 Å². The maximum atomic E-state index is 11.4. The Labute approximate surface area is 85.6 Å². The lowest BCUT2D eigenvalue weighted by Gasteiger charge is -1.98. The van der Waals surface area contributed by atoms with E-state index in [-0.39, 0.29) is 30.3 Å². The predicted molar refractivity (Wildman–Crippen MR) is 48.8 cm³/mol. The molecule has 1 atom stereocenters. The summed E-state index contributed by atoms with van der Waals surface area (Å²) in [5.41, 5.74) is 5.44. The first-order valence-corrected chi connectivity index (χ1v) is 4.71. The van der Waals surface area contributed by atoms with Gasteiger partial charge >= 0.3 is 0 Å². The fraction of sp³-hybridized carbons (Fsp3) is 0.625. The van der Waals surface area contributed by atoms with Gasteiger partial charge in [0.15, 0.2) is 0 Å². The number of aliphatic hydroxyl groups excluding tert-OH is 1. The molecular weight excluding hydrogens is 200 g/mol. The molecular formula is C8H12N4O3. The Hall–Kier alpha value is -1.47. The number of rotatable bonds is 4. The zero-order chi connectivity index (χ0) is 10.8. The molecule has 1 saturated carbocycles. The van der Waals surface area contributed by atoms with Crippen LogP contribution in [0.1, 0.15) is 35.4 Å². The van der Waals surface area contributed by atoms with Crippen LogP contribution in [0.25, 0.3) is 0 Å². The normalized spacial score (nSPS) is 17.5. The smallest absolute Gasteiger partial charge is 0.292 e. The second-order valence-corrected chi connectivity index (χ2v) is 3.49. The SMILES string of the molecule is N[C@H](CO)c1nc(C(=O)NC2CC2)no1. The molecule has 1 heterocycles. The van der Waals surface area contributed by atoms with Gasteiger partial charge in [0.05, 0.1) is 6.61 Å². The van der Waals surface area contributed by atoms with E-state index in [9.17, 15) is 4.79 Å². The summed E-state index contributed by atoms with van der Waals surface area (Å²) in [5.74, 6) is -0.336. The number of nitrogens with one attached hydrogen (secondary N) is 1. The van der Waals surface area contributed by atoms with Gasteiger partial charge in [0, 0.05) is 6.04 Å². The quantitative estimate of drug-likeness (QED) is 0.587. The average molecular weight is 212 g/mol. The third-order valence-electron chi connectivity index (χ3n) is 2.07. The Morgan fingerprint density at radius 3 is 3.07 bits per heavy atom. The molecule has 82 valence electrons. The Bertz CT molecular complexity index is 361. The summed E-state index contributed by atoms with van der Waals surface area (Å²) in [4.78, 5) is 15.2. The van der Waals surface area contributed by atoms with Crippen LogP contribution in [0.4, 0.5) is 0 Å². The van der Waals surface area contributed by atoms with Gasteiger partial charge in [-0.05, 0) is 12.8 Å². The lowest BCUT2D eigenvalue weighted by molar-refractivity contribution is 0.0937. The van der Waals surface area contributed by atoms with Crippen LogP contribution in [-0.2, 0) is 0 Å². The molecule has 0 unspecified atom stereocenters. The first kappa shape index (κ1) is 10.1. The van der Waals surface area contributed by atoms with Crippen molar-refractivity contribution in [3.05, 3.63) is 11.7 Å². The largest absolute Gasteiger partial charge is 0.394 e. The first-order chi connectivity index (χ1) is 7.20. The Morgan fingerprint density at radius 1 is 1.73 bits per heavy atom. The molecule has 0 saturated heterocycles. The Kier molecular flexibility index (Phi) is 2.65. The molecule has 1 aliphatic carbocycles. The zero-order valence-electron chi connectivity index (χ0n) is 8.01. The maximum Gasteiger partial charge on any atom is 0.292 e. The summed E-state index contributed by atoms with van der Waals surface area (Å²) in [7, 11) is 0. The third kappa shape index (κ3) is 2.31. The fourth-order valence-corrected chi connectivity index (χ4v) is 1.03. The topological polar surface area (TPSA) is 114 Å². The number of amides is 1. The molecule has 0 radical (unpaired) electrons. The highest BCUT2D eigenvalue weighted by atomic mass is 16.5. The van der Waals surface area contributed by atoms with Crippen molar-refractivity contribution in [2.24, 2.45) is 5.73 Å². The monoisotopic (exact) mass is 212 g/mol. The number of hydrogen-bond acceptors (Lipinski definition) is 6. The van der Waals surface area contributed by atoms with E-state index >= 15 is 0 Å². The highest BCUT2D eigenvalue weighted by molar-refractivity contribution is 5.90. The molecule has 15 heavy (non-hydrogen) atoms. The number of hydrogen-bond donors (Lipinski definition) is 3. The van der Waals surface area contributed by atoms with Crippen LogP contribution in [-0.4, -0.2) is 33.8 Å². The van der Waals surface area contributed by atoms with Crippen molar-refractivity contribution < 1.29 is 14.4 Å². The van der Waals surface area contributed by atoms with Crippen LogP contribution in [0.2, 0.25) is 0 Å². The van der Waals surface area contributed by atoms with E-state index in [1.54, 1.807) is 0 Å². The molecule has 1 aromatic rings. The molecule has 0 bridgehead atoms. The number of aliphatic hydroxyl groups is 1. The molecule has 1 aromatic heterocycles. The van der Waals surface area contributed by atoms with Crippen molar-refractivity contribution in [2.75, 3.05) is 6.61 Å². The molecule has 0 aromatic carbocycles. The summed E-state index contributed by atoms with van der Waals surface area (Å²) in [5, 5.41) is 14.9. The predicted octanol–water partition coefficient (Wildman–Crippen LogP) is -1.05. The van der Waals surface area contributed by atoms with Crippen LogP contribution < -0.4 is 11.1 Å². The molecule has 7 nitrogen and oxygen atoms in total. The van der Waals surface area contributed by atoms with Gasteiger partial charge in [-0.3, -0.25) is 4.79 Å². The number of carbonyl (C=O) groups is 1. The van der Waals surface area contributed by atoms with Crippen LogP contribution in [0, 0.1) is 0 Å². The summed E-state index contributed by atoms with van der Waals surface area (Å²) in [6.45, 7) is -0.300. The molecule has 0 aliphatic heterocycles. The summed E-state index contributed by atoms with van der Waals surface area (Å²) in [6.07, 6.45) is 1.99. The van der Waals surface area contributed by atoms with E-state index in [2.05, 4.69) is 15.5 Å². The van der Waals surface area contributed by atoms with E-state index < -0.39 is 6.04 Å². The molecule has 1 amide bonds. The highest BCUT2D eigenvalue weighted by Gasteiger charge is 2.26. The van der Waals surface area contributed by atoms with Crippen molar-refractivity contribution in [1.82, 2.24) is 15.5 Å². The van der Waals surface area contributed by atoms with Crippen molar-refractivity contribution in [2.45, 2.75) is 24.9 Å². The Morgan fingerprint density at radius 2 is 2.47 bits per heavy atom. The molecule has 1 aliphatic rings. The second-order valence-electron chi connectivity index (χ2n) is 3.49. The number of nitrogens with zero attached hydrogens (tertiary/aromatic N) is 2. The van der Waals surface area contributed by atoms with Gasteiger partial charge in [0.1, 0.15) is 6.04 Å². The molecule has 0 spiro atoms. The van der Waals surface area contributed by atoms with Gasteiger partial charge in [0.2, 0.25) is 5.89 Å². The standard InChI is InChI=1S/C8H12N4O3/c9-5(3-13)8-11-6(12-15-8)7(14)10-4-1-2-4/h4-5,13H,1-3,9H2,(H,10,14)/t5-/m1/s1. The van der Waals surface area contributed by atoms with E-state index in [1.165, 1.54) is 0 Å². The minimum atomic E-state index is -0.736. The van der Waals surface area contributed by atoms with Crippen molar-refractivity contribution in [3.63, 3.8) is 0 Å². The third-order valence-corrected chi connectivity index (χ3v) is 2.07. The van der Waals surface area contributed by atoms with E-state index in [1.807, 2.05) is 0 Å². The number of nitrogens with two attached hydrogens (primary N) is 1. The lowest BCUT2D eigenvalue weighted by atomic mass is 10.3. The highest BCUT2D eigenvalue weighted by Crippen LogP contribution is 2.19. The fourth-order valence-electron chi connectivity index (χ4n) is 1.03. The summed E-state index contributed by atoms with van der Waals surface area (Å²) < 4.78 is 4.73. The van der Waals surface area contributed by atoms with Gasteiger partial charge in [-0.15, -0.1) is 0 Å². The summed E-state index contributed by atoms with van der Waals surface area (Å²) >= 11 is 0. The van der Waals surface area contributed by atoms with Gasteiger partial charge in [-0.25, -0.2) is 0 Å². The number of carbonyl (C=O) groups excluding carboxylic acids is 1. The van der Waals surface area contributed by atoms with Gasteiger partial charge in [-0.2, -0.15) is 4.98 Å². The minimum absolute atomic E-state index is 0.0409. The summed E-state index contributed by atoms with van der Waals surface area (Å²) in [6, 6.07) is -0.494. The van der Waals surface area contributed by atoms with Gasteiger partial charge in [-0.1, -0.05) is 5.16 Å². The lowest BCUT2D eigenvalue weighted by Crippen LogP contribution is -2.26. The van der Waals surface area contributed by atoms with Crippen LogP contribution >= 0.6 is 0 Å². The van der Waals surface area contributed by atoms with Crippen molar-refractivity contribution >= 4 is 5.91 Å². The minimum Gasteiger partial charge on any atom is -0.394 e. The zero-order valence-corrected chi connectivity index (χ0v) is 8.01. The molecule has 7 heteroatoms. The van der Waals surface area contributed by atoms with Gasteiger partial charge in [0.25, 0.3) is 11.7 Å². The first-order valence-electron chi connectivity index (χ1n) is 4.71. The second kappa shape index (κ2) is 3.95. The van der Waals surface area contributed by atoms with Crippen molar-refractivity contribution in [1.29, 1.82) is 0 Å². The molecule has 4 N–H and O–H groups in total. The van der Waals surface area contributed by atoms with E-state index in [4.69, 9.17) is 15.4 Å². The van der Waals surface area contributed by atoms with Crippen LogP contribution in [0.3, 0.4) is 0 Å². The maximum absolute atomic E-state index is 11.4. The number of aromatic nitrogens is 2. The average Bonchev–Trinajstić information content (AvgIpc) is 2.91.